The highest BCUT2D eigenvalue weighted by atomic mass is 16.5. The van der Waals surface area contributed by atoms with Gasteiger partial charge in [0, 0.05) is 6.61 Å². The number of unbranched alkanes of at least 4 members (excludes halogenated alkanes) is 3. The second kappa shape index (κ2) is 9.39. The molecule has 2 aliphatic rings. The summed E-state index contributed by atoms with van der Waals surface area (Å²) in [6.45, 7) is 3.23. The average molecular weight is 340 g/mol. The molecule has 0 aliphatic heterocycles. The van der Waals surface area contributed by atoms with Gasteiger partial charge in [-0.15, -0.1) is 0 Å². The summed E-state index contributed by atoms with van der Waals surface area (Å²) in [6.07, 6.45) is 13.6. The van der Waals surface area contributed by atoms with Crippen molar-refractivity contribution in [2.75, 3.05) is 6.61 Å². The molecular weight excluding hydrogens is 306 g/mol. The molecule has 2 saturated carbocycles. The second-order valence-electron chi connectivity index (χ2n) is 8.13. The van der Waals surface area contributed by atoms with Crippen LogP contribution in [0.25, 0.3) is 0 Å². The van der Waals surface area contributed by atoms with Crippen LogP contribution in [0.4, 0.5) is 0 Å². The lowest BCUT2D eigenvalue weighted by atomic mass is 9.65. The van der Waals surface area contributed by atoms with E-state index in [0.29, 0.717) is 12.0 Å². The molecule has 0 spiro atoms. The molecular formula is C23H33NO. The average Bonchev–Trinajstić information content (AvgIpc) is 2.67. The standard InChI is InChI=1S/C23H33NO/c1-2-3-4-5-14-25-23-13-12-21-15-20(10-11-22(21)16-23)19-8-6-18(17-24)7-9-19/h6-9,20-23H,2-5,10-16H2,1H3. The Morgan fingerprint density at radius 2 is 1.72 bits per heavy atom. The minimum absolute atomic E-state index is 0.523. The van der Waals surface area contributed by atoms with Crippen LogP contribution in [-0.4, -0.2) is 12.7 Å². The maximum atomic E-state index is 8.96. The zero-order chi connectivity index (χ0) is 17.5. The third kappa shape index (κ3) is 5.08. The lowest BCUT2D eigenvalue weighted by molar-refractivity contribution is -0.0163. The van der Waals surface area contributed by atoms with Crippen LogP contribution < -0.4 is 0 Å². The number of nitriles is 1. The van der Waals surface area contributed by atoms with Gasteiger partial charge in [-0.05, 0) is 80.4 Å². The molecule has 1 aromatic rings. The highest BCUT2D eigenvalue weighted by molar-refractivity contribution is 5.33. The fraction of sp³-hybridized carbons (Fsp3) is 0.696. The molecule has 3 rings (SSSR count). The maximum Gasteiger partial charge on any atom is 0.0991 e. The molecule has 0 radical (unpaired) electrons. The molecule has 1 aromatic carbocycles. The Morgan fingerprint density at radius 1 is 0.960 bits per heavy atom. The van der Waals surface area contributed by atoms with Crippen LogP contribution in [0.2, 0.25) is 0 Å². The fourth-order valence-electron chi connectivity index (χ4n) is 4.91. The van der Waals surface area contributed by atoms with Crippen LogP contribution >= 0.6 is 0 Å². The molecule has 0 N–H and O–H groups in total. The second-order valence-corrected chi connectivity index (χ2v) is 8.13. The van der Waals surface area contributed by atoms with E-state index < -0.39 is 0 Å². The number of rotatable bonds is 7. The molecule has 4 atom stereocenters. The van der Waals surface area contributed by atoms with E-state index >= 15 is 0 Å². The van der Waals surface area contributed by atoms with Gasteiger partial charge in [0.15, 0.2) is 0 Å². The number of nitrogens with zero attached hydrogens (tertiary/aromatic N) is 1. The van der Waals surface area contributed by atoms with Crippen LogP contribution in [0, 0.1) is 23.2 Å². The molecule has 2 nitrogen and oxygen atoms in total. The Labute approximate surface area is 153 Å². The van der Waals surface area contributed by atoms with Crippen LogP contribution in [-0.2, 0) is 4.74 Å². The van der Waals surface area contributed by atoms with Gasteiger partial charge < -0.3 is 4.74 Å². The summed E-state index contributed by atoms with van der Waals surface area (Å²) >= 11 is 0. The molecule has 0 amide bonds. The van der Waals surface area contributed by atoms with Crippen molar-refractivity contribution in [1.29, 1.82) is 5.26 Å². The summed E-state index contributed by atoms with van der Waals surface area (Å²) in [6, 6.07) is 10.5. The molecule has 0 aromatic heterocycles. The largest absolute Gasteiger partial charge is 0.378 e. The van der Waals surface area contributed by atoms with Gasteiger partial charge in [-0.2, -0.15) is 5.26 Å². The lowest BCUT2D eigenvalue weighted by Gasteiger charge is -2.42. The van der Waals surface area contributed by atoms with Crippen molar-refractivity contribution in [1.82, 2.24) is 0 Å². The van der Waals surface area contributed by atoms with Crippen LogP contribution in [0.15, 0.2) is 24.3 Å². The number of hydrogen-bond donors (Lipinski definition) is 0. The number of ether oxygens (including phenoxy) is 1. The van der Waals surface area contributed by atoms with Crippen molar-refractivity contribution in [2.45, 2.75) is 83.2 Å². The molecule has 2 fully saturated rings. The number of benzene rings is 1. The smallest absolute Gasteiger partial charge is 0.0991 e. The van der Waals surface area contributed by atoms with Crippen molar-refractivity contribution in [3.63, 3.8) is 0 Å². The third-order valence-electron chi connectivity index (χ3n) is 6.43. The van der Waals surface area contributed by atoms with Crippen LogP contribution in [0.1, 0.15) is 88.2 Å². The third-order valence-corrected chi connectivity index (χ3v) is 6.43. The van der Waals surface area contributed by atoms with Crippen molar-refractivity contribution in [3.8, 4) is 6.07 Å². The molecule has 2 aliphatic carbocycles. The SMILES string of the molecule is CCCCCCOC1CCC2CC(c3ccc(C#N)cc3)CCC2C1. The van der Waals surface area contributed by atoms with Gasteiger partial charge in [-0.3, -0.25) is 0 Å². The van der Waals surface area contributed by atoms with E-state index in [-0.39, 0.29) is 0 Å². The van der Waals surface area contributed by atoms with E-state index in [1.165, 1.54) is 69.8 Å². The quantitative estimate of drug-likeness (QED) is 0.553. The van der Waals surface area contributed by atoms with Gasteiger partial charge in [0.25, 0.3) is 0 Å². The first kappa shape index (κ1) is 18.5. The molecule has 25 heavy (non-hydrogen) atoms. The van der Waals surface area contributed by atoms with E-state index in [1.54, 1.807) is 0 Å². The Morgan fingerprint density at radius 3 is 2.48 bits per heavy atom. The molecule has 0 heterocycles. The Bertz CT molecular complexity index is 558. The monoisotopic (exact) mass is 339 g/mol. The predicted octanol–water partition coefficient (Wildman–Crippen LogP) is 6.21. The lowest BCUT2D eigenvalue weighted by Crippen LogP contribution is -2.33. The first-order chi connectivity index (χ1) is 12.3. The zero-order valence-electron chi connectivity index (χ0n) is 15.8. The summed E-state index contributed by atoms with van der Waals surface area (Å²) < 4.78 is 6.18. The normalized spacial score (nSPS) is 29.0. The van der Waals surface area contributed by atoms with Crippen molar-refractivity contribution < 1.29 is 4.74 Å². The van der Waals surface area contributed by atoms with E-state index in [9.17, 15) is 0 Å². The van der Waals surface area contributed by atoms with Crippen molar-refractivity contribution >= 4 is 0 Å². The molecule has 4 unspecified atom stereocenters. The van der Waals surface area contributed by atoms with E-state index in [2.05, 4.69) is 25.1 Å². The van der Waals surface area contributed by atoms with Gasteiger partial charge in [-0.25, -0.2) is 0 Å². The maximum absolute atomic E-state index is 8.96. The summed E-state index contributed by atoms with van der Waals surface area (Å²) in [4.78, 5) is 0. The highest BCUT2D eigenvalue weighted by Crippen LogP contribution is 2.46. The summed E-state index contributed by atoms with van der Waals surface area (Å²) in [7, 11) is 0. The van der Waals surface area contributed by atoms with Gasteiger partial charge in [0.2, 0.25) is 0 Å². The summed E-state index contributed by atoms with van der Waals surface area (Å²) in [5, 5.41) is 8.96. The molecule has 0 saturated heterocycles. The van der Waals surface area contributed by atoms with Gasteiger partial charge in [0.1, 0.15) is 0 Å². The van der Waals surface area contributed by atoms with Crippen molar-refractivity contribution in [3.05, 3.63) is 35.4 Å². The van der Waals surface area contributed by atoms with E-state index in [1.807, 2.05) is 12.1 Å². The summed E-state index contributed by atoms with van der Waals surface area (Å²) in [5.41, 5.74) is 2.21. The zero-order valence-corrected chi connectivity index (χ0v) is 15.8. The number of hydrogen-bond acceptors (Lipinski definition) is 2. The topological polar surface area (TPSA) is 33.0 Å². The predicted molar refractivity (Wildman–Crippen MR) is 102 cm³/mol. The Balaban J connectivity index is 1.44. The molecule has 0 bridgehead atoms. The molecule has 136 valence electrons. The minimum atomic E-state index is 0.523. The van der Waals surface area contributed by atoms with Crippen LogP contribution in [0.3, 0.4) is 0 Å². The summed E-state index contributed by atoms with van der Waals surface area (Å²) in [5.74, 6) is 2.46. The van der Waals surface area contributed by atoms with Gasteiger partial charge in [-0.1, -0.05) is 38.3 Å². The fourth-order valence-corrected chi connectivity index (χ4v) is 4.91. The Kier molecular flexibility index (Phi) is 6.93. The molecule has 2 heteroatoms. The van der Waals surface area contributed by atoms with Gasteiger partial charge >= 0.3 is 0 Å². The van der Waals surface area contributed by atoms with Gasteiger partial charge in [0.05, 0.1) is 17.7 Å². The first-order valence-corrected chi connectivity index (χ1v) is 10.4. The number of fused-ring (bicyclic) bond motifs is 1. The minimum Gasteiger partial charge on any atom is -0.378 e. The first-order valence-electron chi connectivity index (χ1n) is 10.4. The van der Waals surface area contributed by atoms with Crippen molar-refractivity contribution in [2.24, 2.45) is 11.8 Å². The van der Waals surface area contributed by atoms with E-state index in [0.717, 1.165) is 24.0 Å². The van der Waals surface area contributed by atoms with E-state index in [4.69, 9.17) is 10.00 Å². The van der Waals surface area contributed by atoms with Crippen LogP contribution in [0.5, 0.6) is 0 Å². The Hall–Kier alpha value is -1.33. The highest BCUT2D eigenvalue weighted by Gasteiger charge is 2.36.